The summed E-state index contributed by atoms with van der Waals surface area (Å²) in [5, 5.41) is 8.93. The van der Waals surface area contributed by atoms with E-state index in [1.807, 2.05) is 19.9 Å². The van der Waals surface area contributed by atoms with Crippen LogP contribution < -0.4 is 0 Å². The summed E-state index contributed by atoms with van der Waals surface area (Å²) in [6.45, 7) is 3.98. The largest absolute Gasteiger partial charge is 0.364 e. The van der Waals surface area contributed by atoms with Gasteiger partial charge in [0.1, 0.15) is 6.26 Å². The topological polar surface area (TPSA) is 69.1 Å². The molecular weight excluding hydrogens is 274 g/mol. The molecule has 6 nitrogen and oxygen atoms in total. The van der Waals surface area contributed by atoms with Gasteiger partial charge < -0.3 is 4.52 Å². The highest BCUT2D eigenvalue weighted by Gasteiger charge is 2.08. The number of thioether (sulfide) groups is 1. The highest BCUT2D eigenvalue weighted by molar-refractivity contribution is 7.99. The first kappa shape index (κ1) is 13.1. The number of nitrogens with zero attached hydrogens (tertiary/aromatic N) is 5. The number of aryl methyl sites for hydroxylation is 3. The van der Waals surface area contributed by atoms with Gasteiger partial charge in [0, 0.05) is 22.7 Å². The minimum Gasteiger partial charge on any atom is -0.364 e. The summed E-state index contributed by atoms with van der Waals surface area (Å²) in [5.74, 6) is 1.63. The quantitative estimate of drug-likeness (QED) is 0.531. The third-order valence-electron chi connectivity index (χ3n) is 2.92. The second-order valence-electron chi connectivity index (χ2n) is 4.63. The molecular formula is C13H15N5OS. The predicted octanol–water partition coefficient (Wildman–Crippen LogP) is 2.45. The van der Waals surface area contributed by atoms with Gasteiger partial charge in [-0.05, 0) is 32.8 Å². The lowest BCUT2D eigenvalue weighted by Crippen LogP contribution is -1.97. The van der Waals surface area contributed by atoms with Gasteiger partial charge in [0.15, 0.2) is 0 Å². The molecule has 0 aliphatic heterocycles. The summed E-state index contributed by atoms with van der Waals surface area (Å²) in [5.41, 5.74) is 3.14. The molecule has 7 heteroatoms. The second-order valence-corrected chi connectivity index (χ2v) is 5.69. The molecule has 0 saturated carbocycles. The maximum atomic E-state index is 4.80. The Balaban J connectivity index is 1.61. The summed E-state index contributed by atoms with van der Waals surface area (Å²) in [4.78, 5) is 8.82. The Bertz CT molecular complexity index is 707. The van der Waals surface area contributed by atoms with Gasteiger partial charge >= 0.3 is 0 Å². The average molecular weight is 289 g/mol. The summed E-state index contributed by atoms with van der Waals surface area (Å²) in [6.07, 6.45) is 5.43. The van der Waals surface area contributed by atoms with Gasteiger partial charge in [-0.25, -0.2) is 9.50 Å². The zero-order chi connectivity index (χ0) is 13.9. The predicted molar refractivity (Wildman–Crippen MR) is 75.8 cm³/mol. The van der Waals surface area contributed by atoms with Crippen LogP contribution in [0.4, 0.5) is 0 Å². The highest BCUT2D eigenvalue weighted by Crippen LogP contribution is 2.17. The first-order valence-electron chi connectivity index (χ1n) is 6.44. The minimum absolute atomic E-state index is 0.670. The van der Waals surface area contributed by atoms with Gasteiger partial charge in [0.05, 0.1) is 6.20 Å². The molecule has 0 N–H and O–H groups in total. The van der Waals surface area contributed by atoms with Gasteiger partial charge in [-0.3, -0.25) is 0 Å². The van der Waals surface area contributed by atoms with Gasteiger partial charge in [0.2, 0.25) is 5.16 Å². The molecule has 3 rings (SSSR count). The minimum atomic E-state index is 0.670. The van der Waals surface area contributed by atoms with Crippen molar-refractivity contribution >= 4 is 17.5 Å². The van der Waals surface area contributed by atoms with Crippen LogP contribution in [0, 0.1) is 13.8 Å². The monoisotopic (exact) mass is 289 g/mol. The van der Waals surface area contributed by atoms with Crippen molar-refractivity contribution < 1.29 is 4.52 Å². The lowest BCUT2D eigenvalue weighted by molar-refractivity contribution is 0.419. The highest BCUT2D eigenvalue weighted by atomic mass is 32.2. The van der Waals surface area contributed by atoms with E-state index in [1.165, 1.54) is 0 Å². The lowest BCUT2D eigenvalue weighted by atomic mass is 10.2. The van der Waals surface area contributed by atoms with Crippen LogP contribution >= 0.6 is 11.8 Å². The fourth-order valence-electron chi connectivity index (χ4n) is 2.00. The molecule has 0 aromatic carbocycles. The van der Waals surface area contributed by atoms with Crippen LogP contribution in [0.15, 0.2) is 28.2 Å². The molecule has 0 aliphatic rings. The SMILES string of the molecule is Cc1cc(C)n2nc(SCCCc3cnoc3)nc2n1. The lowest BCUT2D eigenvalue weighted by Gasteiger charge is -1.97. The van der Waals surface area contributed by atoms with E-state index in [4.69, 9.17) is 4.52 Å². The van der Waals surface area contributed by atoms with Gasteiger partial charge in [-0.15, -0.1) is 5.10 Å². The smallest absolute Gasteiger partial charge is 0.253 e. The molecule has 0 unspecified atom stereocenters. The van der Waals surface area contributed by atoms with E-state index < -0.39 is 0 Å². The van der Waals surface area contributed by atoms with E-state index in [-0.39, 0.29) is 0 Å². The fraction of sp³-hybridized carbons (Fsp3) is 0.385. The molecule has 0 atom stereocenters. The zero-order valence-corrected chi connectivity index (χ0v) is 12.2. The van der Waals surface area contributed by atoms with Gasteiger partial charge in [0.25, 0.3) is 5.78 Å². The van der Waals surface area contributed by atoms with Crippen molar-refractivity contribution in [2.75, 3.05) is 5.75 Å². The van der Waals surface area contributed by atoms with E-state index in [9.17, 15) is 0 Å². The maximum absolute atomic E-state index is 4.80. The Morgan fingerprint density at radius 2 is 2.20 bits per heavy atom. The standard InChI is InChI=1S/C13H15N5OS/c1-9-6-10(2)18-12(15-9)16-13(17-18)20-5-3-4-11-7-14-19-8-11/h6-8H,3-5H2,1-2H3. The van der Waals surface area contributed by atoms with Gasteiger partial charge in [-0.1, -0.05) is 16.9 Å². The van der Waals surface area contributed by atoms with Crippen LogP contribution in [0.2, 0.25) is 0 Å². The molecule has 0 saturated heterocycles. The fourth-order valence-corrected chi connectivity index (χ4v) is 2.76. The Morgan fingerprint density at radius 3 is 3.00 bits per heavy atom. The number of aromatic nitrogens is 5. The van der Waals surface area contributed by atoms with Crippen molar-refractivity contribution in [1.82, 2.24) is 24.7 Å². The first-order valence-corrected chi connectivity index (χ1v) is 7.43. The molecule has 3 aromatic rings. The number of rotatable bonds is 5. The van der Waals surface area contributed by atoms with E-state index >= 15 is 0 Å². The van der Waals surface area contributed by atoms with Crippen LogP contribution in [0.1, 0.15) is 23.4 Å². The second kappa shape index (κ2) is 5.62. The third-order valence-corrected chi connectivity index (χ3v) is 3.85. The molecule has 0 radical (unpaired) electrons. The number of hydrogen-bond acceptors (Lipinski definition) is 6. The summed E-state index contributed by atoms with van der Waals surface area (Å²) < 4.78 is 6.59. The van der Waals surface area contributed by atoms with Crippen molar-refractivity contribution in [2.24, 2.45) is 0 Å². The van der Waals surface area contributed by atoms with E-state index in [0.717, 1.165) is 40.7 Å². The average Bonchev–Trinajstić information content (AvgIpc) is 3.03. The Labute approximate surface area is 120 Å². The summed E-state index contributed by atoms with van der Waals surface area (Å²) in [7, 11) is 0. The Kier molecular flexibility index (Phi) is 3.68. The molecule has 3 heterocycles. The van der Waals surface area contributed by atoms with Crippen molar-refractivity contribution in [3.05, 3.63) is 35.5 Å². The molecule has 0 aliphatic carbocycles. The van der Waals surface area contributed by atoms with Crippen molar-refractivity contribution in [3.8, 4) is 0 Å². The van der Waals surface area contributed by atoms with Crippen molar-refractivity contribution in [3.63, 3.8) is 0 Å². The van der Waals surface area contributed by atoms with Crippen LogP contribution in [-0.4, -0.2) is 30.5 Å². The normalized spacial score (nSPS) is 11.3. The molecule has 20 heavy (non-hydrogen) atoms. The van der Waals surface area contributed by atoms with Crippen LogP contribution in [0.5, 0.6) is 0 Å². The summed E-state index contributed by atoms with van der Waals surface area (Å²) >= 11 is 1.65. The van der Waals surface area contributed by atoms with Crippen LogP contribution in [0.25, 0.3) is 5.78 Å². The maximum Gasteiger partial charge on any atom is 0.253 e. The van der Waals surface area contributed by atoms with Crippen LogP contribution in [-0.2, 0) is 6.42 Å². The number of fused-ring (bicyclic) bond motifs is 1. The summed E-state index contributed by atoms with van der Waals surface area (Å²) in [6, 6.07) is 2.00. The van der Waals surface area contributed by atoms with Crippen molar-refractivity contribution in [1.29, 1.82) is 0 Å². The zero-order valence-electron chi connectivity index (χ0n) is 11.4. The van der Waals surface area contributed by atoms with E-state index in [0.29, 0.717) is 5.78 Å². The molecule has 0 fully saturated rings. The van der Waals surface area contributed by atoms with E-state index in [1.54, 1.807) is 28.7 Å². The molecule has 104 valence electrons. The first-order chi connectivity index (χ1) is 9.72. The third kappa shape index (κ3) is 2.82. The number of hydrogen-bond donors (Lipinski definition) is 0. The molecule has 0 amide bonds. The van der Waals surface area contributed by atoms with Crippen LogP contribution in [0.3, 0.4) is 0 Å². The van der Waals surface area contributed by atoms with E-state index in [2.05, 4.69) is 20.2 Å². The molecule has 3 aromatic heterocycles. The Hall–Kier alpha value is -1.89. The molecule has 0 spiro atoms. The Morgan fingerprint density at radius 1 is 1.30 bits per heavy atom. The van der Waals surface area contributed by atoms with Crippen molar-refractivity contribution in [2.45, 2.75) is 31.8 Å². The molecule has 0 bridgehead atoms. The van der Waals surface area contributed by atoms with Gasteiger partial charge in [-0.2, -0.15) is 4.98 Å².